The van der Waals surface area contributed by atoms with Crippen LogP contribution in [0.1, 0.15) is 29.9 Å². The third kappa shape index (κ3) is 4.97. The molecule has 28 heavy (non-hydrogen) atoms. The molecule has 1 atom stereocenters. The van der Waals surface area contributed by atoms with Crippen molar-refractivity contribution >= 4 is 11.9 Å². The number of ether oxygens (including phenoxy) is 2. The van der Waals surface area contributed by atoms with Crippen LogP contribution in [0, 0.1) is 0 Å². The van der Waals surface area contributed by atoms with Gasteiger partial charge in [0.25, 0.3) is 5.91 Å². The summed E-state index contributed by atoms with van der Waals surface area (Å²) in [6.45, 7) is 1.19. The van der Waals surface area contributed by atoms with Crippen molar-refractivity contribution in [2.75, 3.05) is 19.8 Å². The Labute approximate surface area is 164 Å². The number of nitrogens with one attached hydrogen (secondary N) is 1. The smallest absolute Gasteiger partial charge is 0.312 e. The van der Waals surface area contributed by atoms with Crippen LogP contribution in [0.5, 0.6) is 0 Å². The van der Waals surface area contributed by atoms with E-state index >= 15 is 0 Å². The molecule has 0 saturated carbocycles. The summed E-state index contributed by atoms with van der Waals surface area (Å²) in [6.07, 6.45) is 0.878. The Bertz CT molecular complexity index is 772. The lowest BCUT2D eigenvalue weighted by Gasteiger charge is -2.36. The lowest BCUT2D eigenvalue weighted by molar-refractivity contribution is -0.163. The van der Waals surface area contributed by atoms with Crippen molar-refractivity contribution in [2.24, 2.45) is 0 Å². The lowest BCUT2D eigenvalue weighted by atomic mass is 9.92. The average Bonchev–Trinajstić information content (AvgIpc) is 2.74. The van der Waals surface area contributed by atoms with E-state index in [1.807, 2.05) is 36.4 Å². The summed E-state index contributed by atoms with van der Waals surface area (Å²) >= 11 is 0. The lowest BCUT2D eigenvalue weighted by Crippen LogP contribution is -2.53. The van der Waals surface area contributed by atoms with E-state index in [0.717, 1.165) is 5.56 Å². The van der Waals surface area contributed by atoms with Crippen LogP contribution in [0.2, 0.25) is 0 Å². The molecule has 0 spiro atoms. The Morgan fingerprint density at radius 3 is 2.25 bits per heavy atom. The van der Waals surface area contributed by atoms with Crippen molar-refractivity contribution < 1.29 is 24.2 Å². The van der Waals surface area contributed by atoms with E-state index in [9.17, 15) is 14.7 Å². The fraction of sp³-hybridized carbons (Fsp3) is 0.364. The van der Waals surface area contributed by atoms with Gasteiger partial charge in [0.15, 0.2) is 5.60 Å². The highest BCUT2D eigenvalue weighted by molar-refractivity contribution is 5.86. The first-order chi connectivity index (χ1) is 13.6. The number of hydrogen-bond donors (Lipinski definition) is 2. The quantitative estimate of drug-likeness (QED) is 0.732. The fourth-order valence-electron chi connectivity index (χ4n) is 3.32. The molecule has 2 N–H and O–H groups in total. The van der Waals surface area contributed by atoms with Crippen LogP contribution < -0.4 is 5.32 Å². The number of carboxylic acid groups (broad SMARTS) is 1. The highest BCUT2D eigenvalue weighted by atomic mass is 16.5. The number of aliphatic carboxylic acids is 1. The first kappa shape index (κ1) is 20.0. The third-order valence-corrected chi connectivity index (χ3v) is 5.04. The molecule has 1 heterocycles. The number of rotatable bonds is 8. The van der Waals surface area contributed by atoms with Crippen molar-refractivity contribution in [3.05, 3.63) is 71.8 Å². The molecular weight excluding hydrogens is 358 g/mol. The van der Waals surface area contributed by atoms with Gasteiger partial charge in [0.05, 0.1) is 12.5 Å². The van der Waals surface area contributed by atoms with Crippen LogP contribution in [0.3, 0.4) is 0 Å². The van der Waals surface area contributed by atoms with Crippen LogP contribution in [0.4, 0.5) is 0 Å². The van der Waals surface area contributed by atoms with Crippen LogP contribution in [0.25, 0.3) is 0 Å². The molecule has 2 aromatic rings. The Morgan fingerprint density at radius 2 is 1.64 bits per heavy atom. The van der Waals surface area contributed by atoms with Gasteiger partial charge in [0, 0.05) is 32.6 Å². The number of carboxylic acids is 1. The molecule has 1 aliphatic heterocycles. The second kappa shape index (κ2) is 9.48. The predicted octanol–water partition coefficient (Wildman–Crippen LogP) is 2.74. The Morgan fingerprint density at radius 1 is 1.04 bits per heavy atom. The van der Waals surface area contributed by atoms with E-state index in [0.29, 0.717) is 38.2 Å². The molecule has 0 bridgehead atoms. The standard InChI is InChI=1S/C22H25NO5/c24-20(25)19(18-9-5-2-6-10-18)15-23-21(26)22(11-13-27-14-12-22)28-16-17-7-3-1-4-8-17/h1-10,19H,11-16H2,(H,23,26)(H,24,25). The number of amides is 1. The minimum absolute atomic E-state index is 0.00941. The van der Waals surface area contributed by atoms with Crippen molar-refractivity contribution in [3.8, 4) is 0 Å². The second-order valence-corrected chi connectivity index (χ2v) is 6.89. The fourth-order valence-corrected chi connectivity index (χ4v) is 3.32. The summed E-state index contributed by atoms with van der Waals surface area (Å²) in [5.41, 5.74) is 0.629. The minimum atomic E-state index is -1.01. The van der Waals surface area contributed by atoms with Crippen molar-refractivity contribution in [2.45, 2.75) is 31.0 Å². The molecule has 0 aliphatic carbocycles. The summed E-state index contributed by atoms with van der Waals surface area (Å²) < 4.78 is 11.5. The maximum Gasteiger partial charge on any atom is 0.312 e. The van der Waals surface area contributed by atoms with Gasteiger partial charge in [-0.3, -0.25) is 9.59 Å². The van der Waals surface area contributed by atoms with Gasteiger partial charge in [-0.05, 0) is 11.1 Å². The van der Waals surface area contributed by atoms with Crippen LogP contribution in [-0.4, -0.2) is 42.3 Å². The molecule has 2 aromatic carbocycles. The number of carbonyl (C=O) groups excluding carboxylic acids is 1. The first-order valence-electron chi connectivity index (χ1n) is 9.42. The number of hydrogen-bond acceptors (Lipinski definition) is 4. The van der Waals surface area contributed by atoms with Gasteiger partial charge >= 0.3 is 5.97 Å². The summed E-state index contributed by atoms with van der Waals surface area (Å²) in [7, 11) is 0. The van der Waals surface area contributed by atoms with Gasteiger partial charge in [-0.2, -0.15) is 0 Å². The normalized spacial score (nSPS) is 16.9. The molecule has 3 rings (SSSR count). The van der Waals surface area contributed by atoms with Crippen LogP contribution >= 0.6 is 0 Å². The maximum atomic E-state index is 13.0. The third-order valence-electron chi connectivity index (χ3n) is 5.04. The zero-order valence-electron chi connectivity index (χ0n) is 15.7. The minimum Gasteiger partial charge on any atom is -0.481 e. The van der Waals surface area contributed by atoms with E-state index in [-0.39, 0.29) is 12.5 Å². The molecule has 1 saturated heterocycles. The first-order valence-corrected chi connectivity index (χ1v) is 9.42. The molecule has 0 radical (unpaired) electrons. The SMILES string of the molecule is O=C(O)C(CNC(=O)C1(OCc2ccccc2)CCOCC1)c1ccccc1. The monoisotopic (exact) mass is 383 g/mol. The van der Waals surface area contributed by atoms with Gasteiger partial charge in [-0.1, -0.05) is 60.7 Å². The molecule has 6 nitrogen and oxygen atoms in total. The molecule has 148 valence electrons. The van der Waals surface area contributed by atoms with E-state index in [1.54, 1.807) is 24.3 Å². The zero-order valence-corrected chi connectivity index (χ0v) is 15.7. The molecule has 1 unspecified atom stereocenters. The molecule has 6 heteroatoms. The Kier molecular flexibility index (Phi) is 6.79. The largest absolute Gasteiger partial charge is 0.481 e. The van der Waals surface area contributed by atoms with E-state index < -0.39 is 17.5 Å². The van der Waals surface area contributed by atoms with E-state index in [2.05, 4.69) is 5.32 Å². The van der Waals surface area contributed by atoms with Gasteiger partial charge in [0.1, 0.15) is 0 Å². The molecule has 1 fully saturated rings. The summed E-state index contributed by atoms with van der Waals surface area (Å²) in [4.78, 5) is 24.7. The Balaban J connectivity index is 1.68. The van der Waals surface area contributed by atoms with E-state index in [1.165, 1.54) is 0 Å². The highest BCUT2D eigenvalue weighted by Gasteiger charge is 2.41. The van der Waals surface area contributed by atoms with Crippen molar-refractivity contribution in [1.29, 1.82) is 0 Å². The molecular formula is C22H25NO5. The van der Waals surface area contributed by atoms with Gasteiger partial charge < -0.3 is 19.9 Å². The topological polar surface area (TPSA) is 84.9 Å². The van der Waals surface area contributed by atoms with Crippen molar-refractivity contribution in [1.82, 2.24) is 5.32 Å². The van der Waals surface area contributed by atoms with Gasteiger partial charge in [-0.15, -0.1) is 0 Å². The van der Waals surface area contributed by atoms with Gasteiger partial charge in [-0.25, -0.2) is 0 Å². The van der Waals surface area contributed by atoms with Crippen LogP contribution in [0.15, 0.2) is 60.7 Å². The summed E-state index contributed by atoms with van der Waals surface area (Å²) in [6, 6.07) is 18.6. The van der Waals surface area contributed by atoms with Crippen LogP contribution in [-0.2, 0) is 25.7 Å². The second-order valence-electron chi connectivity index (χ2n) is 6.89. The average molecular weight is 383 g/mol. The molecule has 0 aromatic heterocycles. The Hall–Kier alpha value is -2.70. The summed E-state index contributed by atoms with van der Waals surface area (Å²) in [5.74, 6) is -2.07. The highest BCUT2D eigenvalue weighted by Crippen LogP contribution is 2.27. The van der Waals surface area contributed by atoms with E-state index in [4.69, 9.17) is 9.47 Å². The number of benzene rings is 2. The summed E-state index contributed by atoms with van der Waals surface area (Å²) in [5, 5.41) is 12.4. The maximum absolute atomic E-state index is 13.0. The molecule has 1 aliphatic rings. The molecule has 1 amide bonds. The number of carbonyl (C=O) groups is 2. The van der Waals surface area contributed by atoms with Crippen molar-refractivity contribution in [3.63, 3.8) is 0 Å². The predicted molar refractivity (Wildman–Crippen MR) is 104 cm³/mol. The zero-order chi connectivity index (χ0) is 19.8. The van der Waals surface area contributed by atoms with Gasteiger partial charge in [0.2, 0.25) is 0 Å².